The van der Waals surface area contributed by atoms with E-state index in [-0.39, 0.29) is 5.78 Å². The Labute approximate surface area is 107 Å². The molecule has 0 atom stereocenters. The lowest BCUT2D eigenvalue weighted by atomic mass is 9.88. The zero-order valence-corrected chi connectivity index (χ0v) is 11.4. The second-order valence-corrected chi connectivity index (χ2v) is 5.51. The highest BCUT2D eigenvalue weighted by atomic mass is 79.9. The van der Waals surface area contributed by atoms with Crippen LogP contribution in [-0.2, 0) is 9.47 Å². The quantitative estimate of drug-likeness (QED) is 0.806. The number of thiophene rings is 1. The fourth-order valence-corrected chi connectivity index (χ4v) is 3.47. The van der Waals surface area contributed by atoms with Crippen LogP contribution in [0.3, 0.4) is 0 Å². The van der Waals surface area contributed by atoms with Crippen molar-refractivity contribution in [3.63, 3.8) is 0 Å². The fourth-order valence-electron chi connectivity index (χ4n) is 1.89. The van der Waals surface area contributed by atoms with Crippen LogP contribution < -0.4 is 0 Å². The van der Waals surface area contributed by atoms with Gasteiger partial charge in [0.05, 0.1) is 4.88 Å². The first-order chi connectivity index (χ1) is 7.69. The number of methoxy groups -OCH3 is 1. The molecule has 0 saturated carbocycles. The van der Waals surface area contributed by atoms with Crippen molar-refractivity contribution in [1.82, 2.24) is 0 Å². The summed E-state index contributed by atoms with van der Waals surface area (Å²) in [5.74, 6) is 0.0696. The number of carbonyl (C=O) groups is 1. The predicted molar refractivity (Wildman–Crippen MR) is 66.1 cm³/mol. The van der Waals surface area contributed by atoms with Gasteiger partial charge in [-0.05, 0) is 27.4 Å². The monoisotopic (exact) mass is 304 g/mol. The van der Waals surface area contributed by atoms with Crippen LogP contribution in [0.4, 0.5) is 0 Å². The van der Waals surface area contributed by atoms with Gasteiger partial charge in [-0.1, -0.05) is 0 Å². The number of carbonyl (C=O) groups excluding carboxylic acids is 1. The van der Waals surface area contributed by atoms with Crippen molar-refractivity contribution in [2.24, 2.45) is 0 Å². The summed E-state index contributed by atoms with van der Waals surface area (Å²) in [6, 6.07) is 1.89. The van der Waals surface area contributed by atoms with Gasteiger partial charge in [-0.15, -0.1) is 11.3 Å². The summed E-state index contributed by atoms with van der Waals surface area (Å²) >= 11 is 4.84. The molecule has 0 N–H and O–H groups in total. The van der Waals surface area contributed by atoms with Gasteiger partial charge in [0.25, 0.3) is 0 Å². The summed E-state index contributed by atoms with van der Waals surface area (Å²) in [4.78, 5) is 13.2. The molecule has 16 heavy (non-hydrogen) atoms. The molecule has 0 aliphatic carbocycles. The van der Waals surface area contributed by atoms with Gasteiger partial charge < -0.3 is 9.47 Å². The SMILES string of the molecule is COC1(C(=O)c2sccc2Br)CCOCC1. The van der Waals surface area contributed by atoms with Crippen molar-refractivity contribution < 1.29 is 14.3 Å². The summed E-state index contributed by atoms with van der Waals surface area (Å²) in [6.07, 6.45) is 1.26. The molecule has 0 bridgehead atoms. The minimum absolute atomic E-state index is 0.0696. The molecule has 1 aromatic rings. The zero-order valence-electron chi connectivity index (χ0n) is 8.99. The summed E-state index contributed by atoms with van der Waals surface area (Å²) < 4.78 is 11.6. The van der Waals surface area contributed by atoms with Crippen LogP contribution in [0.5, 0.6) is 0 Å². The molecule has 0 amide bonds. The maximum absolute atomic E-state index is 12.4. The van der Waals surface area contributed by atoms with Crippen LogP contribution in [-0.4, -0.2) is 31.7 Å². The molecule has 0 aromatic carbocycles. The number of ether oxygens (including phenoxy) is 2. The third-order valence-electron chi connectivity index (χ3n) is 2.93. The van der Waals surface area contributed by atoms with Gasteiger partial charge >= 0.3 is 0 Å². The standard InChI is InChI=1S/C11H13BrO3S/c1-14-11(3-5-15-6-4-11)10(13)9-8(12)2-7-16-9/h2,7H,3-6H2,1H3. The van der Waals surface area contributed by atoms with Crippen LogP contribution in [0, 0.1) is 0 Å². The van der Waals surface area contributed by atoms with Crippen LogP contribution >= 0.6 is 27.3 Å². The first kappa shape index (κ1) is 12.2. The first-order valence-corrected chi connectivity index (χ1v) is 6.77. The second kappa shape index (κ2) is 4.96. The van der Waals surface area contributed by atoms with E-state index in [4.69, 9.17) is 9.47 Å². The first-order valence-electron chi connectivity index (χ1n) is 5.10. The second-order valence-electron chi connectivity index (χ2n) is 3.74. The molecule has 0 radical (unpaired) electrons. The lowest BCUT2D eigenvalue weighted by Gasteiger charge is -2.34. The summed E-state index contributed by atoms with van der Waals surface area (Å²) in [6.45, 7) is 1.17. The molecule has 0 unspecified atom stereocenters. The van der Waals surface area contributed by atoms with Gasteiger partial charge in [-0.3, -0.25) is 4.79 Å². The average molecular weight is 305 g/mol. The number of Topliss-reactive ketones (excluding diaryl/α,β-unsaturated/α-hetero) is 1. The van der Waals surface area contributed by atoms with E-state index in [0.717, 1.165) is 9.35 Å². The van der Waals surface area contributed by atoms with E-state index in [0.29, 0.717) is 26.1 Å². The minimum atomic E-state index is -0.689. The molecule has 5 heteroatoms. The highest BCUT2D eigenvalue weighted by molar-refractivity contribution is 9.10. The molecule has 2 heterocycles. The Balaban J connectivity index is 2.28. The van der Waals surface area contributed by atoms with Crippen molar-refractivity contribution in [2.75, 3.05) is 20.3 Å². The maximum atomic E-state index is 12.4. The van der Waals surface area contributed by atoms with Crippen molar-refractivity contribution in [2.45, 2.75) is 18.4 Å². The molecule has 0 spiro atoms. The minimum Gasteiger partial charge on any atom is -0.381 e. The smallest absolute Gasteiger partial charge is 0.205 e. The van der Waals surface area contributed by atoms with Crippen LogP contribution in [0.1, 0.15) is 22.5 Å². The van der Waals surface area contributed by atoms with Gasteiger partial charge in [0.1, 0.15) is 5.60 Å². The lowest BCUT2D eigenvalue weighted by Crippen LogP contribution is -2.45. The van der Waals surface area contributed by atoms with E-state index in [9.17, 15) is 4.79 Å². The Morgan fingerprint density at radius 3 is 2.75 bits per heavy atom. The maximum Gasteiger partial charge on any atom is 0.205 e. The van der Waals surface area contributed by atoms with E-state index in [1.54, 1.807) is 7.11 Å². The largest absolute Gasteiger partial charge is 0.381 e. The van der Waals surface area contributed by atoms with Crippen LogP contribution in [0.25, 0.3) is 0 Å². The highest BCUT2D eigenvalue weighted by Gasteiger charge is 2.41. The van der Waals surface area contributed by atoms with Crippen LogP contribution in [0.15, 0.2) is 15.9 Å². The van der Waals surface area contributed by atoms with Crippen LogP contribution in [0.2, 0.25) is 0 Å². The number of hydrogen-bond donors (Lipinski definition) is 0. The van der Waals surface area contributed by atoms with E-state index >= 15 is 0 Å². The molecular weight excluding hydrogens is 292 g/mol. The summed E-state index contributed by atoms with van der Waals surface area (Å²) in [7, 11) is 1.60. The fraction of sp³-hybridized carbons (Fsp3) is 0.545. The summed E-state index contributed by atoms with van der Waals surface area (Å²) in [5.41, 5.74) is -0.689. The molecule has 1 fully saturated rings. The van der Waals surface area contributed by atoms with E-state index < -0.39 is 5.60 Å². The number of rotatable bonds is 3. The number of ketones is 1. The molecule has 1 saturated heterocycles. The molecule has 1 aromatic heterocycles. The van der Waals surface area contributed by atoms with Crippen molar-refractivity contribution >= 4 is 33.0 Å². The van der Waals surface area contributed by atoms with Gasteiger partial charge in [-0.25, -0.2) is 0 Å². The Bertz CT molecular complexity index is 382. The van der Waals surface area contributed by atoms with Crippen molar-refractivity contribution in [3.05, 3.63) is 20.8 Å². The van der Waals surface area contributed by atoms with Gasteiger partial charge in [-0.2, -0.15) is 0 Å². The number of halogens is 1. The Morgan fingerprint density at radius 1 is 1.56 bits per heavy atom. The molecule has 2 rings (SSSR count). The van der Waals surface area contributed by atoms with E-state index in [2.05, 4.69) is 15.9 Å². The van der Waals surface area contributed by atoms with E-state index in [1.165, 1.54) is 11.3 Å². The van der Waals surface area contributed by atoms with Crippen molar-refractivity contribution in [1.29, 1.82) is 0 Å². The van der Waals surface area contributed by atoms with Crippen molar-refractivity contribution in [3.8, 4) is 0 Å². The molecule has 1 aliphatic rings. The van der Waals surface area contributed by atoms with Gasteiger partial charge in [0, 0.05) is 37.6 Å². The topological polar surface area (TPSA) is 35.5 Å². The lowest BCUT2D eigenvalue weighted by molar-refractivity contribution is -0.0661. The molecular formula is C11H13BrO3S. The summed E-state index contributed by atoms with van der Waals surface area (Å²) in [5, 5.41) is 1.90. The normalized spacial score (nSPS) is 19.6. The third-order valence-corrected chi connectivity index (χ3v) is 4.76. The Kier molecular flexibility index (Phi) is 3.79. The predicted octanol–water partition coefficient (Wildman–Crippen LogP) is 2.89. The third kappa shape index (κ3) is 2.09. The Hall–Kier alpha value is -0.230. The van der Waals surface area contributed by atoms with Gasteiger partial charge in [0.15, 0.2) is 0 Å². The zero-order chi connectivity index (χ0) is 11.6. The highest BCUT2D eigenvalue weighted by Crippen LogP contribution is 2.33. The Morgan fingerprint density at radius 2 is 2.25 bits per heavy atom. The number of hydrogen-bond acceptors (Lipinski definition) is 4. The van der Waals surface area contributed by atoms with Gasteiger partial charge in [0.2, 0.25) is 5.78 Å². The molecule has 1 aliphatic heterocycles. The van der Waals surface area contributed by atoms with E-state index in [1.807, 2.05) is 11.4 Å². The molecule has 88 valence electrons. The average Bonchev–Trinajstić information content (AvgIpc) is 2.75. The molecule has 3 nitrogen and oxygen atoms in total.